The number of hydrogen-bond acceptors (Lipinski definition) is 4. The van der Waals surface area contributed by atoms with Crippen LogP contribution >= 0.6 is 0 Å². The van der Waals surface area contributed by atoms with Gasteiger partial charge < -0.3 is 20.3 Å². The second-order valence-electron chi connectivity index (χ2n) is 5.43. The van der Waals surface area contributed by atoms with Crippen LogP contribution in [0.3, 0.4) is 0 Å². The molecule has 0 spiro atoms. The van der Waals surface area contributed by atoms with Crippen LogP contribution in [0.5, 0.6) is 0 Å². The van der Waals surface area contributed by atoms with Crippen molar-refractivity contribution in [2.45, 2.75) is 67.3 Å². The summed E-state index contributed by atoms with van der Waals surface area (Å²) in [6, 6.07) is 0.0590. The molecular formula is C18H41N3O2. The van der Waals surface area contributed by atoms with E-state index in [0.29, 0.717) is 12.3 Å². The molecule has 0 radical (unpaired) electrons. The molecule has 1 saturated heterocycles. The fourth-order valence-corrected chi connectivity index (χ4v) is 1.78. The Kier molecular flexibility index (Phi) is 24.7. The van der Waals surface area contributed by atoms with Crippen LogP contribution < -0.4 is 10.6 Å². The predicted molar refractivity (Wildman–Crippen MR) is 101 cm³/mol. The van der Waals surface area contributed by atoms with Gasteiger partial charge in [0.2, 0.25) is 5.91 Å². The van der Waals surface area contributed by atoms with Crippen LogP contribution in [0.4, 0.5) is 0 Å². The van der Waals surface area contributed by atoms with Crippen LogP contribution in [0.15, 0.2) is 0 Å². The quantitative estimate of drug-likeness (QED) is 0.761. The summed E-state index contributed by atoms with van der Waals surface area (Å²) >= 11 is 0. The van der Waals surface area contributed by atoms with E-state index in [9.17, 15) is 9.59 Å². The first-order valence-corrected chi connectivity index (χ1v) is 9.07. The maximum Gasteiger partial charge on any atom is 0.239 e. The Bertz CT molecular complexity index is 257. The van der Waals surface area contributed by atoms with Crippen molar-refractivity contribution >= 4 is 12.2 Å². The molecule has 0 aromatic carbocycles. The van der Waals surface area contributed by atoms with Gasteiger partial charge >= 0.3 is 0 Å². The molecule has 1 fully saturated rings. The minimum absolute atomic E-state index is 0.0590. The molecule has 1 rings (SSSR count). The first-order valence-electron chi connectivity index (χ1n) is 9.07. The Morgan fingerprint density at radius 1 is 1.26 bits per heavy atom. The monoisotopic (exact) mass is 331 g/mol. The molecule has 1 aliphatic rings. The minimum atomic E-state index is 0.0590. The fourth-order valence-electron chi connectivity index (χ4n) is 1.78. The van der Waals surface area contributed by atoms with Crippen molar-refractivity contribution in [3.05, 3.63) is 0 Å². The van der Waals surface area contributed by atoms with Crippen molar-refractivity contribution in [1.29, 1.82) is 0 Å². The van der Waals surface area contributed by atoms with E-state index in [-0.39, 0.29) is 11.9 Å². The van der Waals surface area contributed by atoms with Gasteiger partial charge in [0.1, 0.15) is 6.29 Å². The predicted octanol–water partition coefficient (Wildman–Crippen LogP) is 2.70. The van der Waals surface area contributed by atoms with Crippen molar-refractivity contribution in [1.82, 2.24) is 15.5 Å². The summed E-state index contributed by atoms with van der Waals surface area (Å²) in [6.45, 7) is 18.3. The Labute approximate surface area is 144 Å². The number of amides is 1. The summed E-state index contributed by atoms with van der Waals surface area (Å²) in [4.78, 5) is 22.5. The molecule has 140 valence electrons. The molecule has 1 amide bonds. The minimum Gasteiger partial charge on any atom is -0.343 e. The van der Waals surface area contributed by atoms with Crippen LogP contribution in [0.2, 0.25) is 0 Å². The van der Waals surface area contributed by atoms with Crippen molar-refractivity contribution in [2.24, 2.45) is 5.92 Å². The average molecular weight is 332 g/mol. The fraction of sp³-hybridized carbons (Fsp3) is 0.889. The number of nitrogens with zero attached hydrogens (tertiary/aromatic N) is 1. The third kappa shape index (κ3) is 19.0. The highest BCUT2D eigenvalue weighted by Gasteiger charge is 2.25. The number of piperazine rings is 1. The lowest BCUT2D eigenvalue weighted by atomic mass is 10.0. The molecule has 5 heteroatoms. The molecule has 0 aromatic heterocycles. The molecule has 23 heavy (non-hydrogen) atoms. The van der Waals surface area contributed by atoms with Crippen LogP contribution in [0, 0.1) is 5.92 Å². The van der Waals surface area contributed by atoms with Gasteiger partial charge in [-0.05, 0) is 25.4 Å². The van der Waals surface area contributed by atoms with Crippen molar-refractivity contribution in [3.8, 4) is 0 Å². The highest BCUT2D eigenvalue weighted by Crippen LogP contribution is 2.09. The number of aldehydes is 1. The number of hydrogen-bond donors (Lipinski definition) is 2. The second-order valence-corrected chi connectivity index (χ2v) is 5.43. The molecule has 0 saturated carbocycles. The Balaban J connectivity index is -0.000000304. The van der Waals surface area contributed by atoms with E-state index < -0.39 is 0 Å². The van der Waals surface area contributed by atoms with Gasteiger partial charge in [-0.2, -0.15) is 0 Å². The third-order valence-corrected chi connectivity index (χ3v) is 2.89. The lowest BCUT2D eigenvalue weighted by Crippen LogP contribution is -2.53. The molecule has 0 aliphatic carbocycles. The average Bonchev–Trinajstić information content (AvgIpc) is 2.55. The SMILES string of the molecule is CC.CC(C)CC1NCCN(C)C1=O.CCC=O.CCNCC. The summed E-state index contributed by atoms with van der Waals surface area (Å²) in [5.74, 6) is 0.827. The topological polar surface area (TPSA) is 61.4 Å². The van der Waals surface area contributed by atoms with Gasteiger partial charge in [-0.1, -0.05) is 48.5 Å². The Morgan fingerprint density at radius 3 is 2.04 bits per heavy atom. The highest BCUT2D eigenvalue weighted by atomic mass is 16.2. The maximum atomic E-state index is 11.5. The number of likely N-dealkylation sites (N-methyl/N-ethyl adjacent to an activating group) is 1. The van der Waals surface area contributed by atoms with E-state index in [0.717, 1.165) is 38.9 Å². The normalized spacial score (nSPS) is 16.3. The van der Waals surface area contributed by atoms with Gasteiger partial charge in [0, 0.05) is 26.6 Å². The van der Waals surface area contributed by atoms with Gasteiger partial charge in [-0.15, -0.1) is 0 Å². The van der Waals surface area contributed by atoms with Crippen molar-refractivity contribution in [3.63, 3.8) is 0 Å². The van der Waals surface area contributed by atoms with Gasteiger partial charge in [-0.3, -0.25) is 4.79 Å². The van der Waals surface area contributed by atoms with Crippen LogP contribution in [0.25, 0.3) is 0 Å². The zero-order valence-electron chi connectivity index (χ0n) is 16.7. The van der Waals surface area contributed by atoms with Gasteiger partial charge in [-0.25, -0.2) is 0 Å². The number of nitrogens with one attached hydrogen (secondary N) is 2. The summed E-state index contributed by atoms with van der Waals surface area (Å²) in [5.41, 5.74) is 0. The van der Waals surface area contributed by atoms with Gasteiger partial charge in [0.15, 0.2) is 0 Å². The molecule has 1 aliphatic heterocycles. The van der Waals surface area contributed by atoms with Crippen LogP contribution in [-0.4, -0.2) is 56.4 Å². The standard InChI is InChI=1S/C9H18N2O.C4H11N.C3H6O.C2H6/c1-7(2)6-8-9(12)11(3)5-4-10-8;1-3-5-4-2;1-2-3-4;1-2/h7-8,10H,4-6H2,1-3H3;5H,3-4H2,1-2H3;3H,2H2,1H3;1-2H3. The summed E-state index contributed by atoms with van der Waals surface area (Å²) in [7, 11) is 1.87. The largest absolute Gasteiger partial charge is 0.343 e. The highest BCUT2D eigenvalue weighted by molar-refractivity contribution is 5.82. The number of carbonyl (C=O) groups is 2. The van der Waals surface area contributed by atoms with E-state index >= 15 is 0 Å². The zero-order valence-corrected chi connectivity index (χ0v) is 16.7. The molecule has 5 nitrogen and oxygen atoms in total. The molecule has 1 unspecified atom stereocenters. The third-order valence-electron chi connectivity index (χ3n) is 2.89. The lowest BCUT2D eigenvalue weighted by molar-refractivity contribution is -0.134. The first-order chi connectivity index (χ1) is 10.9. The van der Waals surface area contributed by atoms with Crippen molar-refractivity contribution < 1.29 is 9.59 Å². The van der Waals surface area contributed by atoms with E-state index in [4.69, 9.17) is 0 Å². The molecule has 0 aromatic rings. The van der Waals surface area contributed by atoms with Crippen LogP contribution in [0.1, 0.15) is 61.3 Å². The first kappa shape index (κ1) is 26.9. The van der Waals surface area contributed by atoms with Crippen LogP contribution in [-0.2, 0) is 9.59 Å². The number of carbonyl (C=O) groups excluding carboxylic acids is 2. The summed E-state index contributed by atoms with van der Waals surface area (Å²) in [6.07, 6.45) is 2.46. The number of rotatable bonds is 5. The van der Waals surface area contributed by atoms with E-state index in [1.54, 1.807) is 0 Å². The molecular weight excluding hydrogens is 290 g/mol. The molecule has 1 atom stereocenters. The summed E-state index contributed by atoms with van der Waals surface area (Å²) < 4.78 is 0. The maximum absolute atomic E-state index is 11.5. The lowest BCUT2D eigenvalue weighted by Gasteiger charge is -2.31. The second kappa shape index (κ2) is 21.1. The molecule has 0 bridgehead atoms. The van der Waals surface area contributed by atoms with E-state index in [1.807, 2.05) is 32.7 Å². The van der Waals surface area contributed by atoms with Gasteiger partial charge in [0.05, 0.1) is 6.04 Å². The van der Waals surface area contributed by atoms with Gasteiger partial charge in [0.25, 0.3) is 0 Å². The zero-order chi connectivity index (χ0) is 18.7. The molecule has 1 heterocycles. The summed E-state index contributed by atoms with van der Waals surface area (Å²) in [5, 5.41) is 6.35. The van der Waals surface area contributed by atoms with E-state index in [2.05, 4.69) is 38.3 Å². The smallest absolute Gasteiger partial charge is 0.239 e. The Morgan fingerprint density at radius 2 is 1.74 bits per heavy atom. The molecule has 2 N–H and O–H groups in total. The Hall–Kier alpha value is -0.940. The van der Waals surface area contributed by atoms with E-state index in [1.165, 1.54) is 0 Å². The van der Waals surface area contributed by atoms with Crippen molar-refractivity contribution in [2.75, 3.05) is 33.2 Å².